The van der Waals surface area contributed by atoms with Crippen molar-refractivity contribution in [2.75, 3.05) is 0 Å². The molecule has 0 radical (unpaired) electrons. The molecule has 0 unspecified atom stereocenters. The third-order valence-electron chi connectivity index (χ3n) is 4.47. The van der Waals surface area contributed by atoms with Crippen LogP contribution in [0.4, 0.5) is 0 Å². The fraction of sp³-hybridized carbons (Fsp3) is 0.143. The quantitative estimate of drug-likeness (QED) is 0.396. The molecule has 0 atom stereocenters. The van der Waals surface area contributed by atoms with Crippen LogP contribution in [0.15, 0.2) is 72.2 Å². The average molecular weight is 389 g/mol. The third kappa shape index (κ3) is 3.99. The lowest BCUT2D eigenvalue weighted by Gasteiger charge is -2.02. The van der Waals surface area contributed by atoms with Crippen LogP contribution < -0.4 is 0 Å². The van der Waals surface area contributed by atoms with Crippen molar-refractivity contribution in [3.8, 4) is 11.3 Å². The van der Waals surface area contributed by atoms with Crippen LogP contribution in [0.1, 0.15) is 23.6 Å². The highest BCUT2D eigenvalue weighted by Crippen LogP contribution is 2.22. The molecule has 7 heteroatoms. The van der Waals surface area contributed by atoms with Gasteiger partial charge in [0.2, 0.25) is 4.77 Å². The van der Waals surface area contributed by atoms with E-state index in [1.165, 1.54) is 15.8 Å². The number of aromatic nitrogens is 5. The lowest BCUT2D eigenvalue weighted by molar-refractivity contribution is 0.689. The highest BCUT2D eigenvalue weighted by Gasteiger charge is 2.11. The number of nitrogens with zero attached hydrogens (tertiary/aromatic N) is 5. The Morgan fingerprint density at radius 3 is 2.54 bits per heavy atom. The molecule has 0 fully saturated rings. The van der Waals surface area contributed by atoms with Crippen molar-refractivity contribution in [2.45, 2.75) is 19.9 Å². The summed E-state index contributed by atoms with van der Waals surface area (Å²) in [5.41, 5.74) is 5.35. The zero-order chi connectivity index (χ0) is 19.3. The van der Waals surface area contributed by atoms with E-state index in [2.05, 4.69) is 58.6 Å². The molecule has 0 aliphatic heterocycles. The molecule has 6 nitrogen and oxygen atoms in total. The van der Waals surface area contributed by atoms with Crippen LogP contribution in [0.2, 0.25) is 0 Å². The summed E-state index contributed by atoms with van der Waals surface area (Å²) in [6, 6.07) is 18.8. The second-order valence-corrected chi connectivity index (χ2v) is 6.80. The fourth-order valence-electron chi connectivity index (χ4n) is 2.95. The van der Waals surface area contributed by atoms with Crippen LogP contribution >= 0.6 is 12.2 Å². The van der Waals surface area contributed by atoms with E-state index in [4.69, 9.17) is 17.3 Å². The molecule has 2 aromatic heterocycles. The lowest BCUT2D eigenvalue weighted by Crippen LogP contribution is -2.00. The maximum absolute atomic E-state index is 5.16. The molecule has 2 heterocycles. The van der Waals surface area contributed by atoms with Gasteiger partial charge in [-0.15, -0.1) is 0 Å². The minimum Gasteiger partial charge on any atom is -0.267 e. The Morgan fingerprint density at radius 1 is 1.07 bits per heavy atom. The summed E-state index contributed by atoms with van der Waals surface area (Å²) < 4.78 is 3.91. The molecule has 0 amide bonds. The topological polar surface area (TPSA) is 63.8 Å². The SMILES string of the molecule is CCc1ccc(-c2nn(Cc3ccccc3)cc2/C=N\n2cn[nH]c2=S)cc1. The molecule has 28 heavy (non-hydrogen) atoms. The first-order valence-electron chi connectivity index (χ1n) is 9.10. The molecule has 0 bridgehead atoms. The Morgan fingerprint density at radius 2 is 1.86 bits per heavy atom. The molecule has 140 valence electrons. The fourth-order valence-corrected chi connectivity index (χ4v) is 3.10. The summed E-state index contributed by atoms with van der Waals surface area (Å²) in [7, 11) is 0. The summed E-state index contributed by atoms with van der Waals surface area (Å²) >= 11 is 5.16. The first kappa shape index (κ1) is 18.1. The lowest BCUT2D eigenvalue weighted by atomic mass is 10.1. The van der Waals surface area contributed by atoms with Crippen LogP contribution in [0, 0.1) is 4.77 Å². The molecular weight excluding hydrogens is 368 g/mol. The number of rotatable bonds is 6. The Bertz CT molecular complexity index is 1140. The van der Waals surface area contributed by atoms with Crippen molar-refractivity contribution in [1.82, 2.24) is 24.7 Å². The molecule has 0 saturated heterocycles. The number of hydrogen-bond donors (Lipinski definition) is 1. The van der Waals surface area contributed by atoms with Gasteiger partial charge < -0.3 is 0 Å². The summed E-state index contributed by atoms with van der Waals surface area (Å²) in [5.74, 6) is 0. The molecule has 4 rings (SSSR count). The van der Waals surface area contributed by atoms with Crippen LogP contribution in [0.25, 0.3) is 11.3 Å². The van der Waals surface area contributed by atoms with E-state index < -0.39 is 0 Å². The van der Waals surface area contributed by atoms with Gasteiger partial charge in [0.15, 0.2) is 0 Å². The maximum atomic E-state index is 5.16. The monoisotopic (exact) mass is 388 g/mol. The summed E-state index contributed by atoms with van der Waals surface area (Å²) in [4.78, 5) is 0. The van der Waals surface area contributed by atoms with Gasteiger partial charge in [-0.05, 0) is 29.8 Å². The van der Waals surface area contributed by atoms with Gasteiger partial charge >= 0.3 is 0 Å². The molecule has 0 aliphatic carbocycles. The molecule has 1 N–H and O–H groups in total. The van der Waals surface area contributed by atoms with Gasteiger partial charge in [0.1, 0.15) is 12.0 Å². The minimum absolute atomic E-state index is 0.446. The zero-order valence-electron chi connectivity index (χ0n) is 15.5. The number of hydrogen-bond acceptors (Lipinski definition) is 4. The summed E-state index contributed by atoms with van der Waals surface area (Å²) in [6.07, 6.45) is 6.32. The van der Waals surface area contributed by atoms with E-state index in [9.17, 15) is 0 Å². The van der Waals surface area contributed by atoms with Gasteiger partial charge in [-0.1, -0.05) is 61.5 Å². The van der Waals surface area contributed by atoms with Crippen molar-refractivity contribution < 1.29 is 0 Å². The van der Waals surface area contributed by atoms with Gasteiger partial charge in [-0.2, -0.15) is 20.0 Å². The predicted octanol–water partition coefficient (Wildman–Crippen LogP) is 4.30. The average Bonchev–Trinajstić information content (AvgIpc) is 3.33. The van der Waals surface area contributed by atoms with Crippen molar-refractivity contribution in [1.29, 1.82) is 0 Å². The molecular formula is C21H20N6S. The van der Waals surface area contributed by atoms with E-state index in [1.807, 2.05) is 29.1 Å². The normalized spacial score (nSPS) is 11.3. The van der Waals surface area contributed by atoms with Crippen molar-refractivity contribution in [3.05, 3.63) is 88.6 Å². The minimum atomic E-state index is 0.446. The van der Waals surface area contributed by atoms with E-state index in [0.717, 1.165) is 23.2 Å². The van der Waals surface area contributed by atoms with Gasteiger partial charge in [-0.3, -0.25) is 9.78 Å². The van der Waals surface area contributed by atoms with E-state index in [1.54, 1.807) is 12.5 Å². The number of aryl methyl sites for hydroxylation is 1. The molecule has 2 aromatic carbocycles. The van der Waals surface area contributed by atoms with Crippen LogP contribution in [-0.2, 0) is 13.0 Å². The van der Waals surface area contributed by atoms with E-state index >= 15 is 0 Å². The number of benzene rings is 2. The Kier molecular flexibility index (Phi) is 5.25. The van der Waals surface area contributed by atoms with Crippen LogP contribution in [0.3, 0.4) is 0 Å². The number of H-pyrrole nitrogens is 1. The predicted molar refractivity (Wildman–Crippen MR) is 113 cm³/mol. The standard InChI is InChI=1S/C21H20N6S/c1-2-16-8-10-18(11-9-16)20-19(12-23-27-15-22-24-21(27)28)14-26(25-20)13-17-6-4-3-5-7-17/h3-12,14-15H,2,13H2,1H3,(H,24,28)/b23-12-. The second-order valence-electron chi connectivity index (χ2n) is 6.42. The van der Waals surface area contributed by atoms with E-state index in [0.29, 0.717) is 11.3 Å². The molecule has 0 aliphatic rings. The van der Waals surface area contributed by atoms with Gasteiger partial charge in [0, 0.05) is 17.3 Å². The summed E-state index contributed by atoms with van der Waals surface area (Å²) in [6.45, 7) is 2.84. The zero-order valence-corrected chi connectivity index (χ0v) is 16.3. The Balaban J connectivity index is 1.72. The van der Waals surface area contributed by atoms with Crippen molar-refractivity contribution in [2.24, 2.45) is 5.10 Å². The first-order valence-corrected chi connectivity index (χ1v) is 9.51. The van der Waals surface area contributed by atoms with Gasteiger partial charge in [0.05, 0.1) is 12.8 Å². The van der Waals surface area contributed by atoms with Crippen LogP contribution in [0.5, 0.6) is 0 Å². The molecule has 0 saturated carbocycles. The number of aromatic amines is 1. The summed E-state index contributed by atoms with van der Waals surface area (Å²) in [5, 5.41) is 15.8. The first-order chi connectivity index (χ1) is 13.7. The third-order valence-corrected chi connectivity index (χ3v) is 4.75. The maximum Gasteiger partial charge on any atom is 0.216 e. The van der Waals surface area contributed by atoms with Gasteiger partial charge in [0.25, 0.3) is 0 Å². The number of nitrogens with one attached hydrogen (secondary N) is 1. The highest BCUT2D eigenvalue weighted by atomic mass is 32.1. The van der Waals surface area contributed by atoms with Gasteiger partial charge in [-0.25, -0.2) is 0 Å². The Hall–Kier alpha value is -3.32. The van der Waals surface area contributed by atoms with Crippen LogP contribution in [-0.4, -0.2) is 30.9 Å². The molecule has 4 aromatic rings. The molecule has 0 spiro atoms. The van der Waals surface area contributed by atoms with Crippen molar-refractivity contribution >= 4 is 18.4 Å². The largest absolute Gasteiger partial charge is 0.267 e. The second kappa shape index (κ2) is 8.14. The highest BCUT2D eigenvalue weighted by molar-refractivity contribution is 7.71. The van der Waals surface area contributed by atoms with E-state index in [-0.39, 0.29) is 0 Å². The Labute approximate surface area is 168 Å². The smallest absolute Gasteiger partial charge is 0.216 e. The van der Waals surface area contributed by atoms with Crippen molar-refractivity contribution in [3.63, 3.8) is 0 Å².